The molecule has 88 valence electrons. The van der Waals surface area contributed by atoms with Gasteiger partial charge in [0.2, 0.25) is 0 Å². The van der Waals surface area contributed by atoms with Gasteiger partial charge in [-0.1, -0.05) is 40.0 Å². The van der Waals surface area contributed by atoms with Crippen LogP contribution in [-0.2, 0) is 0 Å². The van der Waals surface area contributed by atoms with Gasteiger partial charge in [-0.15, -0.1) is 0 Å². The first-order valence-corrected chi connectivity index (χ1v) is 6.92. The van der Waals surface area contributed by atoms with Crippen LogP contribution in [0.1, 0.15) is 59.3 Å². The molecule has 1 heteroatoms. The Bertz CT molecular complexity index is 209. The molecule has 0 aliphatic heterocycles. The van der Waals surface area contributed by atoms with E-state index in [9.17, 15) is 0 Å². The maximum absolute atomic E-state index is 3.62. The average molecular weight is 209 g/mol. The predicted molar refractivity (Wildman–Crippen MR) is 65.9 cm³/mol. The number of nitrogens with one attached hydrogen (secondary N) is 1. The van der Waals surface area contributed by atoms with E-state index in [2.05, 4.69) is 26.1 Å². The Morgan fingerprint density at radius 2 is 2.07 bits per heavy atom. The summed E-state index contributed by atoms with van der Waals surface area (Å²) < 4.78 is 0. The highest BCUT2D eigenvalue weighted by Gasteiger charge is 2.57. The molecule has 0 heterocycles. The minimum atomic E-state index is 0.659. The van der Waals surface area contributed by atoms with Crippen LogP contribution in [0, 0.1) is 17.3 Å². The first-order chi connectivity index (χ1) is 7.19. The molecule has 2 rings (SSSR count). The average Bonchev–Trinajstić information content (AvgIpc) is 2.90. The summed E-state index contributed by atoms with van der Waals surface area (Å²) in [5, 5.41) is 3.62. The second kappa shape index (κ2) is 4.45. The Labute approximate surface area is 95.0 Å². The Hall–Kier alpha value is -0.0400. The van der Waals surface area contributed by atoms with Gasteiger partial charge in [-0.2, -0.15) is 0 Å². The lowest BCUT2D eigenvalue weighted by molar-refractivity contribution is 0.185. The molecule has 3 unspecified atom stereocenters. The van der Waals surface area contributed by atoms with Crippen molar-refractivity contribution >= 4 is 0 Å². The van der Waals surface area contributed by atoms with Gasteiger partial charge in [0.1, 0.15) is 0 Å². The van der Waals surface area contributed by atoms with Crippen LogP contribution in [0.3, 0.4) is 0 Å². The summed E-state index contributed by atoms with van der Waals surface area (Å²) in [7, 11) is 0. The first-order valence-electron chi connectivity index (χ1n) is 6.92. The summed E-state index contributed by atoms with van der Waals surface area (Å²) in [4.78, 5) is 0. The van der Waals surface area contributed by atoms with Crippen LogP contribution in [0.4, 0.5) is 0 Å². The van der Waals surface area contributed by atoms with Crippen molar-refractivity contribution in [1.82, 2.24) is 5.32 Å². The van der Waals surface area contributed by atoms with Crippen LogP contribution < -0.4 is 5.32 Å². The lowest BCUT2D eigenvalue weighted by Crippen LogP contribution is -2.29. The molecule has 1 N–H and O–H groups in total. The molecule has 0 radical (unpaired) electrons. The normalized spacial score (nSPS) is 40.0. The molecule has 0 saturated heterocycles. The number of hydrogen-bond acceptors (Lipinski definition) is 1. The van der Waals surface area contributed by atoms with Crippen LogP contribution >= 0.6 is 0 Å². The molecule has 2 saturated carbocycles. The van der Waals surface area contributed by atoms with Gasteiger partial charge in [-0.05, 0) is 43.1 Å². The van der Waals surface area contributed by atoms with Crippen molar-refractivity contribution in [3.8, 4) is 0 Å². The fourth-order valence-electron chi connectivity index (χ4n) is 3.81. The van der Waals surface area contributed by atoms with Gasteiger partial charge in [-0.3, -0.25) is 0 Å². The quantitative estimate of drug-likeness (QED) is 0.746. The molecule has 2 aliphatic rings. The molecule has 0 aromatic rings. The van der Waals surface area contributed by atoms with E-state index in [0.29, 0.717) is 6.04 Å². The monoisotopic (exact) mass is 209 g/mol. The molecule has 3 atom stereocenters. The summed E-state index contributed by atoms with van der Waals surface area (Å²) in [6.45, 7) is 8.18. The van der Waals surface area contributed by atoms with Gasteiger partial charge < -0.3 is 5.32 Å². The SMILES string of the molecule is CCC1CCCCC12CC2CNC(C)C. The molecule has 0 amide bonds. The zero-order chi connectivity index (χ0) is 10.9. The highest BCUT2D eigenvalue weighted by Crippen LogP contribution is 2.64. The van der Waals surface area contributed by atoms with Crippen LogP contribution in [0.15, 0.2) is 0 Å². The van der Waals surface area contributed by atoms with E-state index in [1.807, 2.05) is 0 Å². The van der Waals surface area contributed by atoms with E-state index < -0.39 is 0 Å². The van der Waals surface area contributed by atoms with Crippen molar-refractivity contribution < 1.29 is 0 Å². The predicted octanol–water partition coefficient (Wildman–Crippen LogP) is 3.59. The van der Waals surface area contributed by atoms with Crippen molar-refractivity contribution in [3.63, 3.8) is 0 Å². The third-order valence-electron chi connectivity index (χ3n) is 4.80. The zero-order valence-corrected chi connectivity index (χ0v) is 10.7. The molecule has 0 bridgehead atoms. The van der Waals surface area contributed by atoms with E-state index >= 15 is 0 Å². The summed E-state index contributed by atoms with van der Waals surface area (Å²) in [5.74, 6) is 2.05. The van der Waals surface area contributed by atoms with E-state index in [0.717, 1.165) is 17.3 Å². The Kier molecular flexibility index (Phi) is 3.39. The molecule has 0 aromatic carbocycles. The van der Waals surface area contributed by atoms with E-state index in [1.54, 1.807) is 0 Å². The lowest BCUT2D eigenvalue weighted by Gasteiger charge is -2.32. The lowest BCUT2D eigenvalue weighted by atomic mass is 9.73. The van der Waals surface area contributed by atoms with Gasteiger partial charge in [-0.25, -0.2) is 0 Å². The number of hydrogen-bond donors (Lipinski definition) is 1. The van der Waals surface area contributed by atoms with Crippen LogP contribution in [0.5, 0.6) is 0 Å². The maximum atomic E-state index is 3.62. The maximum Gasteiger partial charge on any atom is 0.00104 e. The Morgan fingerprint density at radius 1 is 1.27 bits per heavy atom. The molecule has 15 heavy (non-hydrogen) atoms. The minimum absolute atomic E-state index is 0.659. The molecule has 1 nitrogen and oxygen atoms in total. The fraction of sp³-hybridized carbons (Fsp3) is 1.00. The second-order valence-electron chi connectivity index (χ2n) is 6.05. The van der Waals surface area contributed by atoms with Crippen molar-refractivity contribution in [2.45, 2.75) is 65.3 Å². The largest absolute Gasteiger partial charge is 0.314 e. The van der Waals surface area contributed by atoms with E-state index in [4.69, 9.17) is 0 Å². The summed E-state index contributed by atoms with van der Waals surface area (Å²) in [6, 6.07) is 0.659. The van der Waals surface area contributed by atoms with E-state index in [1.165, 1.54) is 45.1 Å². The van der Waals surface area contributed by atoms with Gasteiger partial charge in [0, 0.05) is 6.04 Å². The summed E-state index contributed by atoms with van der Waals surface area (Å²) >= 11 is 0. The minimum Gasteiger partial charge on any atom is -0.314 e. The van der Waals surface area contributed by atoms with Gasteiger partial charge >= 0.3 is 0 Å². The molecule has 2 aliphatic carbocycles. The van der Waals surface area contributed by atoms with Crippen LogP contribution in [0.2, 0.25) is 0 Å². The first kappa shape index (κ1) is 11.4. The van der Waals surface area contributed by atoms with Crippen molar-refractivity contribution in [3.05, 3.63) is 0 Å². The summed E-state index contributed by atoms with van der Waals surface area (Å²) in [5.41, 5.74) is 0.787. The smallest absolute Gasteiger partial charge is 0.00104 e. The van der Waals surface area contributed by atoms with Gasteiger partial charge in [0.25, 0.3) is 0 Å². The fourth-order valence-corrected chi connectivity index (χ4v) is 3.81. The van der Waals surface area contributed by atoms with Crippen LogP contribution in [0.25, 0.3) is 0 Å². The van der Waals surface area contributed by atoms with Crippen molar-refractivity contribution in [1.29, 1.82) is 0 Å². The van der Waals surface area contributed by atoms with Gasteiger partial charge in [0.15, 0.2) is 0 Å². The molecule has 0 aromatic heterocycles. The Morgan fingerprint density at radius 3 is 2.73 bits per heavy atom. The third-order valence-corrected chi connectivity index (χ3v) is 4.80. The molecular weight excluding hydrogens is 182 g/mol. The van der Waals surface area contributed by atoms with Crippen molar-refractivity contribution in [2.24, 2.45) is 17.3 Å². The molecule has 1 spiro atoms. The standard InChI is InChI=1S/C14H27N/c1-4-12-7-5-6-8-14(12)9-13(14)10-15-11(2)3/h11-13,15H,4-10H2,1-3H3. The van der Waals surface area contributed by atoms with Crippen LogP contribution in [-0.4, -0.2) is 12.6 Å². The van der Waals surface area contributed by atoms with E-state index in [-0.39, 0.29) is 0 Å². The molecule has 2 fully saturated rings. The van der Waals surface area contributed by atoms with Crippen molar-refractivity contribution in [2.75, 3.05) is 6.54 Å². The topological polar surface area (TPSA) is 12.0 Å². The second-order valence-corrected chi connectivity index (χ2v) is 6.05. The zero-order valence-electron chi connectivity index (χ0n) is 10.7. The third kappa shape index (κ3) is 2.22. The highest BCUT2D eigenvalue weighted by molar-refractivity contribution is 5.07. The Balaban J connectivity index is 1.86. The van der Waals surface area contributed by atoms with Gasteiger partial charge in [0.05, 0.1) is 0 Å². The summed E-state index contributed by atoms with van der Waals surface area (Å²) in [6.07, 6.45) is 8.95. The number of rotatable bonds is 4. The molecular formula is C14H27N. The highest BCUT2D eigenvalue weighted by atomic mass is 14.9.